The number of nitrogens with zero attached hydrogens (tertiary/aromatic N) is 1. The van der Waals surface area contributed by atoms with Crippen LogP contribution >= 0.6 is 0 Å². The van der Waals surface area contributed by atoms with Crippen LogP contribution in [-0.2, 0) is 6.42 Å². The molecule has 1 atom stereocenters. The van der Waals surface area contributed by atoms with E-state index in [-0.39, 0.29) is 5.92 Å². The third kappa shape index (κ3) is 3.30. The van der Waals surface area contributed by atoms with E-state index < -0.39 is 0 Å². The van der Waals surface area contributed by atoms with Gasteiger partial charge >= 0.3 is 0 Å². The minimum atomic E-state index is -0.173. The lowest BCUT2D eigenvalue weighted by molar-refractivity contribution is 0.414. The van der Waals surface area contributed by atoms with Gasteiger partial charge in [-0.25, -0.2) is 0 Å². The molecule has 0 aliphatic carbocycles. The highest BCUT2D eigenvalue weighted by atomic mass is 16.5. The van der Waals surface area contributed by atoms with Crippen LogP contribution in [0.15, 0.2) is 48.5 Å². The van der Waals surface area contributed by atoms with Crippen molar-refractivity contribution in [3.8, 4) is 17.6 Å². The zero-order chi connectivity index (χ0) is 14.4. The van der Waals surface area contributed by atoms with Gasteiger partial charge in [-0.05, 0) is 41.8 Å². The van der Waals surface area contributed by atoms with Crippen LogP contribution in [-0.4, -0.2) is 14.2 Å². The maximum atomic E-state index is 9.38. The zero-order valence-corrected chi connectivity index (χ0v) is 11.7. The van der Waals surface area contributed by atoms with Crippen molar-refractivity contribution in [3.63, 3.8) is 0 Å². The molecule has 102 valence electrons. The Hall–Kier alpha value is -2.47. The molecule has 2 aromatic carbocycles. The summed E-state index contributed by atoms with van der Waals surface area (Å²) in [6.07, 6.45) is 0.667. The van der Waals surface area contributed by atoms with Gasteiger partial charge in [0, 0.05) is 0 Å². The molecule has 0 amide bonds. The van der Waals surface area contributed by atoms with Crippen molar-refractivity contribution in [3.05, 3.63) is 59.7 Å². The summed E-state index contributed by atoms with van der Waals surface area (Å²) < 4.78 is 10.3. The minimum absolute atomic E-state index is 0.173. The van der Waals surface area contributed by atoms with Gasteiger partial charge in [0.1, 0.15) is 11.5 Å². The number of hydrogen-bond acceptors (Lipinski definition) is 3. The largest absolute Gasteiger partial charge is 0.497 e. The summed E-state index contributed by atoms with van der Waals surface area (Å²) in [5.41, 5.74) is 2.09. The standard InChI is InChI=1S/C17H17NO2/c1-19-16-8-6-14(7-9-16)15(12-18)10-13-4-3-5-17(11-13)20-2/h3-9,11,15H,10H2,1-2H3/t15-/m0/s1. The van der Waals surface area contributed by atoms with Crippen molar-refractivity contribution >= 4 is 0 Å². The molecule has 0 fully saturated rings. The monoisotopic (exact) mass is 267 g/mol. The summed E-state index contributed by atoms with van der Waals surface area (Å²) >= 11 is 0. The number of nitriles is 1. The second-order valence-corrected chi connectivity index (χ2v) is 4.51. The predicted molar refractivity (Wildman–Crippen MR) is 78.0 cm³/mol. The van der Waals surface area contributed by atoms with Gasteiger partial charge in [0.2, 0.25) is 0 Å². The Bertz CT molecular complexity index is 599. The fourth-order valence-corrected chi connectivity index (χ4v) is 2.11. The van der Waals surface area contributed by atoms with E-state index in [1.54, 1.807) is 14.2 Å². The summed E-state index contributed by atoms with van der Waals surface area (Å²) in [7, 11) is 3.28. The van der Waals surface area contributed by atoms with Crippen LogP contribution in [0.25, 0.3) is 0 Å². The second-order valence-electron chi connectivity index (χ2n) is 4.51. The van der Waals surface area contributed by atoms with Crippen molar-refractivity contribution in [1.82, 2.24) is 0 Å². The first-order valence-electron chi connectivity index (χ1n) is 6.43. The Labute approximate surface area is 119 Å². The van der Waals surface area contributed by atoms with Gasteiger partial charge in [-0.1, -0.05) is 24.3 Å². The fourth-order valence-electron chi connectivity index (χ4n) is 2.11. The molecule has 3 nitrogen and oxygen atoms in total. The van der Waals surface area contributed by atoms with Gasteiger partial charge in [-0.3, -0.25) is 0 Å². The van der Waals surface area contributed by atoms with Crippen LogP contribution in [0.2, 0.25) is 0 Å². The SMILES string of the molecule is COc1ccc([C@H](C#N)Cc2cccc(OC)c2)cc1. The molecule has 0 heterocycles. The minimum Gasteiger partial charge on any atom is -0.497 e. The van der Waals surface area contributed by atoms with Gasteiger partial charge in [-0.2, -0.15) is 5.26 Å². The predicted octanol–water partition coefficient (Wildman–Crippen LogP) is 3.55. The highest BCUT2D eigenvalue weighted by molar-refractivity contribution is 5.35. The average molecular weight is 267 g/mol. The van der Waals surface area contributed by atoms with Crippen LogP contribution in [0.4, 0.5) is 0 Å². The van der Waals surface area contributed by atoms with Crippen LogP contribution in [0, 0.1) is 11.3 Å². The van der Waals surface area contributed by atoms with Crippen molar-refractivity contribution in [2.45, 2.75) is 12.3 Å². The first-order chi connectivity index (χ1) is 9.76. The van der Waals surface area contributed by atoms with Crippen molar-refractivity contribution in [2.24, 2.45) is 0 Å². The first-order valence-corrected chi connectivity index (χ1v) is 6.43. The number of methoxy groups -OCH3 is 2. The van der Waals surface area contributed by atoms with Gasteiger partial charge in [0.25, 0.3) is 0 Å². The van der Waals surface area contributed by atoms with Gasteiger partial charge in [-0.15, -0.1) is 0 Å². The molecule has 2 rings (SSSR count). The Morgan fingerprint density at radius 2 is 1.70 bits per heavy atom. The third-order valence-corrected chi connectivity index (χ3v) is 3.25. The summed E-state index contributed by atoms with van der Waals surface area (Å²) in [6, 6.07) is 17.8. The van der Waals surface area contributed by atoms with E-state index in [9.17, 15) is 5.26 Å². The van der Waals surface area contributed by atoms with E-state index >= 15 is 0 Å². The van der Waals surface area contributed by atoms with E-state index in [2.05, 4.69) is 6.07 Å². The maximum absolute atomic E-state index is 9.38. The highest BCUT2D eigenvalue weighted by Crippen LogP contribution is 2.24. The van der Waals surface area contributed by atoms with E-state index in [1.807, 2.05) is 48.5 Å². The smallest absolute Gasteiger partial charge is 0.119 e. The van der Waals surface area contributed by atoms with Crippen LogP contribution < -0.4 is 9.47 Å². The zero-order valence-electron chi connectivity index (χ0n) is 11.7. The van der Waals surface area contributed by atoms with Gasteiger partial charge in [0.05, 0.1) is 26.2 Å². The molecular formula is C17H17NO2. The number of benzene rings is 2. The summed E-state index contributed by atoms with van der Waals surface area (Å²) in [5, 5.41) is 9.38. The molecule has 20 heavy (non-hydrogen) atoms. The summed E-state index contributed by atoms with van der Waals surface area (Å²) in [4.78, 5) is 0. The molecule has 0 aromatic heterocycles. The Balaban J connectivity index is 2.17. The maximum Gasteiger partial charge on any atom is 0.119 e. The fraction of sp³-hybridized carbons (Fsp3) is 0.235. The topological polar surface area (TPSA) is 42.2 Å². The van der Waals surface area contributed by atoms with Crippen LogP contribution in [0.5, 0.6) is 11.5 Å². The van der Waals surface area contributed by atoms with Crippen molar-refractivity contribution in [1.29, 1.82) is 5.26 Å². The molecule has 3 heteroatoms. The summed E-state index contributed by atoms with van der Waals surface area (Å²) in [6.45, 7) is 0. The molecule has 0 saturated heterocycles. The van der Waals surface area contributed by atoms with Gasteiger partial charge < -0.3 is 9.47 Å². The molecule has 0 radical (unpaired) electrons. The van der Waals surface area contributed by atoms with E-state index in [4.69, 9.17) is 9.47 Å². The summed E-state index contributed by atoms with van der Waals surface area (Å²) in [5.74, 6) is 1.44. The Morgan fingerprint density at radius 3 is 2.30 bits per heavy atom. The lowest BCUT2D eigenvalue weighted by atomic mass is 9.93. The van der Waals surface area contributed by atoms with Crippen molar-refractivity contribution in [2.75, 3.05) is 14.2 Å². The van der Waals surface area contributed by atoms with E-state index in [0.29, 0.717) is 6.42 Å². The molecule has 0 spiro atoms. The third-order valence-electron chi connectivity index (χ3n) is 3.25. The van der Waals surface area contributed by atoms with Crippen LogP contribution in [0.3, 0.4) is 0 Å². The van der Waals surface area contributed by atoms with E-state index in [1.165, 1.54) is 0 Å². The molecule has 0 saturated carbocycles. The Morgan fingerprint density at radius 1 is 1.00 bits per heavy atom. The van der Waals surface area contributed by atoms with Crippen LogP contribution in [0.1, 0.15) is 17.0 Å². The molecule has 0 N–H and O–H groups in total. The quantitative estimate of drug-likeness (QED) is 0.832. The van der Waals surface area contributed by atoms with E-state index in [0.717, 1.165) is 22.6 Å². The molecule has 0 aliphatic rings. The number of hydrogen-bond donors (Lipinski definition) is 0. The Kier molecular flexibility index (Phi) is 4.62. The molecule has 0 bridgehead atoms. The molecule has 2 aromatic rings. The average Bonchev–Trinajstić information content (AvgIpc) is 2.53. The lowest BCUT2D eigenvalue weighted by Gasteiger charge is -2.11. The molecule has 0 aliphatic heterocycles. The lowest BCUT2D eigenvalue weighted by Crippen LogP contribution is -2.01. The normalized spacial score (nSPS) is 11.4. The molecule has 0 unspecified atom stereocenters. The number of ether oxygens (including phenoxy) is 2. The molecular weight excluding hydrogens is 250 g/mol. The van der Waals surface area contributed by atoms with Gasteiger partial charge in [0.15, 0.2) is 0 Å². The highest BCUT2D eigenvalue weighted by Gasteiger charge is 2.12. The first kappa shape index (κ1) is 14.0. The second kappa shape index (κ2) is 6.63. The number of rotatable bonds is 5. The van der Waals surface area contributed by atoms with Crippen molar-refractivity contribution < 1.29 is 9.47 Å².